The van der Waals surface area contributed by atoms with Gasteiger partial charge in [-0.05, 0) is 37.6 Å². The van der Waals surface area contributed by atoms with E-state index in [9.17, 15) is 0 Å². The van der Waals surface area contributed by atoms with E-state index in [0.29, 0.717) is 6.04 Å². The van der Waals surface area contributed by atoms with Gasteiger partial charge in [0.25, 0.3) is 0 Å². The lowest BCUT2D eigenvalue weighted by atomic mass is 10.1. The number of anilines is 1. The van der Waals surface area contributed by atoms with Crippen LogP contribution in [0.1, 0.15) is 19.1 Å². The van der Waals surface area contributed by atoms with Crippen molar-refractivity contribution in [1.82, 2.24) is 19.7 Å². The van der Waals surface area contributed by atoms with Crippen molar-refractivity contribution in [2.45, 2.75) is 25.8 Å². The lowest BCUT2D eigenvalue weighted by Gasteiger charge is -2.16. The van der Waals surface area contributed by atoms with Crippen molar-refractivity contribution >= 4 is 5.69 Å². The summed E-state index contributed by atoms with van der Waals surface area (Å²) in [7, 11) is 0. The number of hydrogen-bond acceptors (Lipinski definition) is 5. The first kappa shape index (κ1) is 13.4. The van der Waals surface area contributed by atoms with E-state index in [-0.39, 0.29) is 0 Å². The maximum absolute atomic E-state index is 5.35. The van der Waals surface area contributed by atoms with Gasteiger partial charge in [0.05, 0.1) is 12.0 Å². The Morgan fingerprint density at radius 2 is 2.29 bits per heavy atom. The van der Waals surface area contributed by atoms with Crippen LogP contribution in [0.5, 0.6) is 0 Å². The summed E-state index contributed by atoms with van der Waals surface area (Å²) in [4.78, 5) is 8.32. The van der Waals surface area contributed by atoms with E-state index in [1.807, 2.05) is 24.3 Å². The molecule has 3 rings (SSSR count). The predicted molar refractivity (Wildman–Crippen MR) is 79.3 cm³/mol. The van der Waals surface area contributed by atoms with Crippen LogP contribution in [0.3, 0.4) is 0 Å². The van der Waals surface area contributed by atoms with E-state index in [0.717, 1.165) is 30.1 Å². The number of hydrogen-bond donors (Lipinski definition) is 1. The lowest BCUT2D eigenvalue weighted by molar-refractivity contribution is 0.495. The first-order chi connectivity index (χ1) is 10.3. The monoisotopic (exact) mass is 283 g/mol. The van der Waals surface area contributed by atoms with Gasteiger partial charge in [0.15, 0.2) is 5.82 Å². The molecule has 3 aromatic heterocycles. The molecule has 6 nitrogen and oxygen atoms in total. The third kappa shape index (κ3) is 3.28. The molecular weight excluding hydrogens is 266 g/mol. The first-order valence-electron chi connectivity index (χ1n) is 6.92. The standard InChI is InChI=1S/C15H17N5O/c1-12(6-7-13-4-3-9-21-13)19-14-5-2-8-17-15(14)20-11-16-10-18-20/h2-5,8-12,19H,6-7H2,1H3. The van der Waals surface area contributed by atoms with Crippen LogP contribution in [0, 0.1) is 0 Å². The molecule has 0 radical (unpaired) electrons. The molecule has 0 amide bonds. The molecule has 0 aromatic carbocycles. The summed E-state index contributed by atoms with van der Waals surface area (Å²) in [5.74, 6) is 1.76. The highest BCUT2D eigenvalue weighted by Gasteiger charge is 2.10. The van der Waals surface area contributed by atoms with Gasteiger partial charge in [0, 0.05) is 18.7 Å². The van der Waals surface area contributed by atoms with E-state index in [1.54, 1.807) is 23.5 Å². The number of pyridine rings is 1. The average molecular weight is 283 g/mol. The van der Waals surface area contributed by atoms with Crippen molar-refractivity contribution in [3.05, 3.63) is 55.1 Å². The second-order valence-corrected chi connectivity index (χ2v) is 4.88. The molecule has 1 atom stereocenters. The highest BCUT2D eigenvalue weighted by molar-refractivity contribution is 5.56. The van der Waals surface area contributed by atoms with Crippen molar-refractivity contribution < 1.29 is 4.42 Å². The summed E-state index contributed by atoms with van der Waals surface area (Å²) >= 11 is 0. The fourth-order valence-corrected chi connectivity index (χ4v) is 2.16. The van der Waals surface area contributed by atoms with E-state index < -0.39 is 0 Å². The minimum absolute atomic E-state index is 0.293. The van der Waals surface area contributed by atoms with E-state index in [2.05, 4.69) is 27.3 Å². The van der Waals surface area contributed by atoms with Gasteiger partial charge in [-0.3, -0.25) is 0 Å². The molecule has 3 heterocycles. The lowest BCUT2D eigenvalue weighted by Crippen LogP contribution is -2.18. The number of furan rings is 1. The van der Waals surface area contributed by atoms with Gasteiger partial charge < -0.3 is 9.73 Å². The molecule has 0 saturated heterocycles. The third-order valence-corrected chi connectivity index (χ3v) is 3.23. The number of aromatic nitrogens is 4. The molecule has 0 aliphatic rings. The second kappa shape index (κ2) is 6.21. The predicted octanol–water partition coefficient (Wildman–Crippen LogP) is 2.69. The number of aryl methyl sites for hydroxylation is 1. The van der Waals surface area contributed by atoms with Crippen molar-refractivity contribution in [1.29, 1.82) is 0 Å². The van der Waals surface area contributed by atoms with Crippen molar-refractivity contribution in [2.24, 2.45) is 0 Å². The Morgan fingerprint density at radius 3 is 3.05 bits per heavy atom. The van der Waals surface area contributed by atoms with Gasteiger partial charge in [0.2, 0.25) is 0 Å². The normalized spacial score (nSPS) is 12.2. The number of nitrogens with zero attached hydrogens (tertiary/aromatic N) is 4. The van der Waals surface area contributed by atoms with E-state index in [4.69, 9.17) is 4.42 Å². The summed E-state index contributed by atoms with van der Waals surface area (Å²) in [6.07, 6.45) is 8.46. The van der Waals surface area contributed by atoms with Crippen LogP contribution in [0.4, 0.5) is 5.69 Å². The maximum atomic E-state index is 5.35. The molecular formula is C15H17N5O. The van der Waals surface area contributed by atoms with Gasteiger partial charge >= 0.3 is 0 Å². The van der Waals surface area contributed by atoms with Gasteiger partial charge in [-0.2, -0.15) is 5.10 Å². The smallest absolute Gasteiger partial charge is 0.178 e. The van der Waals surface area contributed by atoms with Crippen molar-refractivity contribution in [3.8, 4) is 5.82 Å². The van der Waals surface area contributed by atoms with Gasteiger partial charge in [-0.25, -0.2) is 14.6 Å². The van der Waals surface area contributed by atoms with Gasteiger partial charge in [-0.15, -0.1) is 0 Å². The summed E-state index contributed by atoms with van der Waals surface area (Å²) in [5, 5.41) is 7.60. The minimum Gasteiger partial charge on any atom is -0.469 e. The largest absolute Gasteiger partial charge is 0.469 e. The Morgan fingerprint density at radius 1 is 1.33 bits per heavy atom. The maximum Gasteiger partial charge on any atom is 0.178 e. The SMILES string of the molecule is CC(CCc1ccco1)Nc1cccnc1-n1cncn1. The molecule has 0 fully saturated rings. The molecule has 1 N–H and O–H groups in total. The quantitative estimate of drug-likeness (QED) is 0.753. The molecule has 1 unspecified atom stereocenters. The fourth-order valence-electron chi connectivity index (χ4n) is 2.16. The first-order valence-corrected chi connectivity index (χ1v) is 6.92. The summed E-state index contributed by atoms with van der Waals surface area (Å²) in [6, 6.07) is 8.10. The highest BCUT2D eigenvalue weighted by Crippen LogP contribution is 2.18. The Kier molecular flexibility index (Phi) is 3.95. The summed E-state index contributed by atoms with van der Waals surface area (Å²) in [6.45, 7) is 2.14. The van der Waals surface area contributed by atoms with Crippen molar-refractivity contribution in [2.75, 3.05) is 5.32 Å². The van der Waals surface area contributed by atoms with E-state index in [1.165, 1.54) is 6.33 Å². The van der Waals surface area contributed by atoms with E-state index >= 15 is 0 Å². The molecule has 21 heavy (non-hydrogen) atoms. The van der Waals surface area contributed by atoms with Crippen LogP contribution in [-0.2, 0) is 6.42 Å². The zero-order valence-corrected chi connectivity index (χ0v) is 11.8. The average Bonchev–Trinajstić information content (AvgIpc) is 3.19. The fraction of sp³-hybridized carbons (Fsp3) is 0.267. The zero-order valence-electron chi connectivity index (χ0n) is 11.8. The van der Waals surface area contributed by atoms with Gasteiger partial charge in [-0.1, -0.05) is 0 Å². The molecule has 0 spiro atoms. The molecule has 0 bridgehead atoms. The van der Waals surface area contributed by atoms with Gasteiger partial charge in [0.1, 0.15) is 18.4 Å². The second-order valence-electron chi connectivity index (χ2n) is 4.88. The Balaban J connectivity index is 1.67. The molecule has 6 heteroatoms. The summed E-state index contributed by atoms with van der Waals surface area (Å²) < 4.78 is 7.01. The van der Waals surface area contributed by atoms with Crippen LogP contribution in [0.2, 0.25) is 0 Å². The molecule has 3 aromatic rings. The number of rotatable bonds is 6. The summed E-state index contributed by atoms with van der Waals surface area (Å²) in [5.41, 5.74) is 0.940. The highest BCUT2D eigenvalue weighted by atomic mass is 16.3. The number of nitrogens with one attached hydrogen (secondary N) is 1. The Hall–Kier alpha value is -2.63. The van der Waals surface area contributed by atoms with Crippen LogP contribution >= 0.6 is 0 Å². The molecule has 108 valence electrons. The third-order valence-electron chi connectivity index (χ3n) is 3.23. The Labute approximate surface area is 122 Å². The van der Waals surface area contributed by atoms with Crippen molar-refractivity contribution in [3.63, 3.8) is 0 Å². The van der Waals surface area contributed by atoms with Crippen LogP contribution in [-0.4, -0.2) is 25.8 Å². The topological polar surface area (TPSA) is 68.8 Å². The Bertz CT molecular complexity index is 663. The minimum atomic E-state index is 0.293. The van der Waals surface area contributed by atoms with Crippen LogP contribution < -0.4 is 5.32 Å². The zero-order chi connectivity index (χ0) is 14.5. The molecule has 0 saturated carbocycles. The van der Waals surface area contributed by atoms with Crippen LogP contribution in [0.25, 0.3) is 5.82 Å². The molecule has 0 aliphatic heterocycles. The molecule has 0 aliphatic carbocycles. The van der Waals surface area contributed by atoms with Crippen LogP contribution in [0.15, 0.2) is 53.8 Å².